The van der Waals surface area contributed by atoms with Crippen LogP contribution in [0.4, 0.5) is 17.1 Å². The van der Waals surface area contributed by atoms with E-state index in [0.29, 0.717) is 0 Å². The standard InChI is InChI=1S/C62H43N/c1-61(2)53-29-12-8-23-48(53)51-28-16-26-43(60(51)61)40-34-36-42(37-35-40)63(41-18-4-3-5-19-41)58-39-38-45(44-20-6-7-24-49(44)58)50-27-17-33-57-59(50)52-25-11-15-32-56(52)62(57)54-30-13-9-21-46(54)47-22-10-14-31-55(47)62/h3-39H,1-2H3. The molecule has 3 aliphatic carbocycles. The smallest absolute Gasteiger partial charge is 0.0725 e. The predicted octanol–water partition coefficient (Wildman–Crippen LogP) is 16.3. The van der Waals surface area contributed by atoms with Gasteiger partial charge in [-0.3, -0.25) is 0 Å². The molecule has 13 rings (SSSR count). The molecule has 0 atom stereocenters. The van der Waals surface area contributed by atoms with Crippen LogP contribution in [0, 0.1) is 0 Å². The van der Waals surface area contributed by atoms with E-state index in [-0.39, 0.29) is 10.8 Å². The maximum atomic E-state index is 2.43. The Morgan fingerprint density at radius 2 is 0.778 bits per heavy atom. The van der Waals surface area contributed by atoms with Crippen molar-refractivity contribution in [2.45, 2.75) is 24.7 Å². The summed E-state index contributed by atoms with van der Waals surface area (Å²) in [5.74, 6) is 0. The van der Waals surface area contributed by atoms with Gasteiger partial charge >= 0.3 is 0 Å². The molecule has 296 valence electrons. The number of benzene rings is 10. The van der Waals surface area contributed by atoms with Crippen LogP contribution >= 0.6 is 0 Å². The Balaban J connectivity index is 0.976. The van der Waals surface area contributed by atoms with Crippen molar-refractivity contribution in [2.75, 3.05) is 4.90 Å². The first kappa shape index (κ1) is 36.0. The van der Waals surface area contributed by atoms with Gasteiger partial charge < -0.3 is 4.90 Å². The number of anilines is 3. The fraction of sp³-hybridized carbons (Fsp3) is 0.0645. The van der Waals surface area contributed by atoms with E-state index >= 15 is 0 Å². The zero-order valence-corrected chi connectivity index (χ0v) is 35.3. The molecule has 0 aliphatic heterocycles. The van der Waals surface area contributed by atoms with Gasteiger partial charge in [0.2, 0.25) is 0 Å². The van der Waals surface area contributed by atoms with Gasteiger partial charge in [0.15, 0.2) is 0 Å². The minimum Gasteiger partial charge on any atom is -0.310 e. The summed E-state index contributed by atoms with van der Waals surface area (Å²) >= 11 is 0. The van der Waals surface area contributed by atoms with E-state index in [1.807, 2.05) is 0 Å². The van der Waals surface area contributed by atoms with E-state index in [1.54, 1.807) is 0 Å². The molecule has 0 amide bonds. The van der Waals surface area contributed by atoms with Crippen molar-refractivity contribution in [3.63, 3.8) is 0 Å². The summed E-state index contributed by atoms with van der Waals surface area (Å²) in [5, 5.41) is 2.44. The highest BCUT2D eigenvalue weighted by molar-refractivity contribution is 6.10. The van der Waals surface area contributed by atoms with Crippen molar-refractivity contribution in [3.05, 3.63) is 258 Å². The van der Waals surface area contributed by atoms with Crippen LogP contribution in [-0.4, -0.2) is 0 Å². The Hall–Kier alpha value is -7.74. The Bertz CT molecular complexity index is 3440. The van der Waals surface area contributed by atoms with Crippen molar-refractivity contribution >= 4 is 27.8 Å². The third-order valence-electron chi connectivity index (χ3n) is 14.5. The van der Waals surface area contributed by atoms with Crippen LogP contribution in [0.3, 0.4) is 0 Å². The number of hydrogen-bond donors (Lipinski definition) is 0. The Kier molecular flexibility index (Phi) is 7.64. The second-order valence-corrected chi connectivity index (χ2v) is 17.9. The molecule has 0 saturated heterocycles. The fourth-order valence-electron chi connectivity index (χ4n) is 12.0. The first-order chi connectivity index (χ1) is 31.0. The molecule has 1 spiro atoms. The number of hydrogen-bond acceptors (Lipinski definition) is 1. The largest absolute Gasteiger partial charge is 0.310 e. The third kappa shape index (κ3) is 4.88. The lowest BCUT2D eigenvalue weighted by atomic mass is 9.70. The molecule has 10 aromatic carbocycles. The molecular weight excluding hydrogens is 759 g/mol. The van der Waals surface area contributed by atoms with Crippen molar-refractivity contribution in [1.29, 1.82) is 0 Å². The van der Waals surface area contributed by atoms with E-state index in [0.717, 1.165) is 17.1 Å². The summed E-state index contributed by atoms with van der Waals surface area (Å²) in [7, 11) is 0. The van der Waals surface area contributed by atoms with Gasteiger partial charge in [-0.25, -0.2) is 0 Å². The lowest BCUT2D eigenvalue weighted by molar-refractivity contribution is 0.662. The first-order valence-corrected chi connectivity index (χ1v) is 22.2. The average molecular weight is 802 g/mol. The molecule has 1 heteroatoms. The molecular formula is C62H43N. The van der Waals surface area contributed by atoms with E-state index in [4.69, 9.17) is 0 Å². The van der Waals surface area contributed by atoms with E-state index in [1.165, 1.54) is 99.8 Å². The van der Waals surface area contributed by atoms with Gasteiger partial charge in [0.25, 0.3) is 0 Å². The van der Waals surface area contributed by atoms with Crippen molar-refractivity contribution in [1.82, 2.24) is 0 Å². The topological polar surface area (TPSA) is 3.24 Å². The van der Waals surface area contributed by atoms with Gasteiger partial charge in [-0.15, -0.1) is 0 Å². The molecule has 1 nitrogen and oxygen atoms in total. The lowest BCUT2D eigenvalue weighted by Gasteiger charge is -2.30. The maximum absolute atomic E-state index is 2.43. The molecule has 0 heterocycles. The van der Waals surface area contributed by atoms with Gasteiger partial charge in [-0.2, -0.15) is 0 Å². The fourth-order valence-corrected chi connectivity index (χ4v) is 12.0. The summed E-state index contributed by atoms with van der Waals surface area (Å²) < 4.78 is 0. The van der Waals surface area contributed by atoms with Crippen LogP contribution < -0.4 is 4.90 Å². The van der Waals surface area contributed by atoms with Crippen LogP contribution in [0.5, 0.6) is 0 Å². The van der Waals surface area contributed by atoms with Crippen LogP contribution in [0.1, 0.15) is 47.2 Å². The van der Waals surface area contributed by atoms with Crippen LogP contribution in [0.2, 0.25) is 0 Å². The molecule has 0 saturated carbocycles. The Labute approximate surface area is 369 Å². The number of rotatable bonds is 5. The number of nitrogens with zero attached hydrogens (tertiary/aromatic N) is 1. The molecule has 0 bridgehead atoms. The molecule has 3 aliphatic rings. The number of para-hydroxylation sites is 1. The number of fused-ring (bicyclic) bond motifs is 14. The van der Waals surface area contributed by atoms with Crippen molar-refractivity contribution < 1.29 is 0 Å². The normalized spacial score (nSPS) is 14.1. The average Bonchev–Trinajstić information content (AvgIpc) is 3.91. The van der Waals surface area contributed by atoms with Crippen molar-refractivity contribution in [3.8, 4) is 55.6 Å². The highest BCUT2D eigenvalue weighted by Gasteiger charge is 2.52. The van der Waals surface area contributed by atoms with Crippen LogP contribution in [0.15, 0.2) is 224 Å². The van der Waals surface area contributed by atoms with Crippen LogP contribution in [-0.2, 0) is 10.8 Å². The third-order valence-corrected chi connectivity index (χ3v) is 14.5. The van der Waals surface area contributed by atoms with E-state index in [9.17, 15) is 0 Å². The zero-order valence-electron chi connectivity index (χ0n) is 35.3. The van der Waals surface area contributed by atoms with Gasteiger partial charge in [0, 0.05) is 22.2 Å². The minimum atomic E-state index is -0.388. The molecule has 0 N–H and O–H groups in total. The summed E-state index contributed by atoms with van der Waals surface area (Å²) in [4.78, 5) is 2.43. The summed E-state index contributed by atoms with van der Waals surface area (Å²) in [6.07, 6.45) is 0. The highest BCUT2D eigenvalue weighted by atomic mass is 15.1. The highest BCUT2D eigenvalue weighted by Crippen LogP contribution is 2.64. The van der Waals surface area contributed by atoms with E-state index < -0.39 is 0 Å². The van der Waals surface area contributed by atoms with E-state index in [2.05, 4.69) is 243 Å². The second kappa shape index (κ2) is 13.4. The summed E-state index contributed by atoms with van der Waals surface area (Å²) in [5.41, 5.74) is 24.2. The summed E-state index contributed by atoms with van der Waals surface area (Å²) in [6, 6.07) is 83.7. The molecule has 0 aromatic heterocycles. The zero-order chi connectivity index (χ0) is 41.9. The Morgan fingerprint density at radius 1 is 0.302 bits per heavy atom. The predicted molar refractivity (Wildman–Crippen MR) is 263 cm³/mol. The van der Waals surface area contributed by atoms with Gasteiger partial charge in [-0.1, -0.05) is 208 Å². The van der Waals surface area contributed by atoms with Crippen molar-refractivity contribution in [2.24, 2.45) is 0 Å². The monoisotopic (exact) mass is 801 g/mol. The molecule has 0 fully saturated rings. The molecule has 0 unspecified atom stereocenters. The maximum Gasteiger partial charge on any atom is 0.0725 e. The lowest BCUT2D eigenvalue weighted by Crippen LogP contribution is -2.25. The molecule has 63 heavy (non-hydrogen) atoms. The Morgan fingerprint density at radius 3 is 1.48 bits per heavy atom. The SMILES string of the molecule is CC1(C)c2ccccc2-c2cccc(-c3ccc(N(c4ccccc4)c4ccc(-c5cccc6c5-c5ccccc5C65c6ccccc6-c6ccccc65)c5ccccc45)cc3)c21. The summed E-state index contributed by atoms with van der Waals surface area (Å²) in [6.45, 7) is 4.74. The minimum absolute atomic E-state index is 0.0917. The second-order valence-electron chi connectivity index (χ2n) is 17.9. The quantitative estimate of drug-likeness (QED) is 0.168. The van der Waals surface area contributed by atoms with Gasteiger partial charge in [0.05, 0.1) is 11.1 Å². The molecule has 10 aromatic rings. The molecule has 0 radical (unpaired) electrons. The van der Waals surface area contributed by atoms with Gasteiger partial charge in [0.1, 0.15) is 0 Å². The first-order valence-electron chi connectivity index (χ1n) is 22.2. The van der Waals surface area contributed by atoms with Gasteiger partial charge in [-0.05, 0) is 125 Å². The van der Waals surface area contributed by atoms with Crippen LogP contribution in [0.25, 0.3) is 66.4 Å².